The van der Waals surface area contributed by atoms with Gasteiger partial charge in [-0.15, -0.1) is 0 Å². The van der Waals surface area contributed by atoms with Crippen LogP contribution in [0.4, 0.5) is 5.69 Å². The van der Waals surface area contributed by atoms with Crippen molar-refractivity contribution < 1.29 is 13.2 Å². The number of nitrogens with one attached hydrogen (secondary N) is 1. The van der Waals surface area contributed by atoms with E-state index in [9.17, 15) is 13.2 Å². The van der Waals surface area contributed by atoms with E-state index in [-0.39, 0.29) is 10.8 Å². The molecule has 0 atom stereocenters. The van der Waals surface area contributed by atoms with Crippen LogP contribution in [0.25, 0.3) is 0 Å². The van der Waals surface area contributed by atoms with E-state index in [0.29, 0.717) is 18.8 Å². The summed E-state index contributed by atoms with van der Waals surface area (Å²) in [7, 11) is -3.49. The molecular formula is C20H22N2O3S. The highest BCUT2D eigenvalue weighted by Crippen LogP contribution is 2.48. The predicted molar refractivity (Wildman–Crippen MR) is 100 cm³/mol. The maximum Gasteiger partial charge on any atom is 0.243 e. The quantitative estimate of drug-likeness (QED) is 0.879. The summed E-state index contributed by atoms with van der Waals surface area (Å²) in [4.78, 5) is 13.1. The molecule has 2 fully saturated rings. The zero-order valence-corrected chi connectivity index (χ0v) is 15.3. The van der Waals surface area contributed by atoms with Crippen molar-refractivity contribution in [3.8, 4) is 0 Å². The van der Waals surface area contributed by atoms with Crippen LogP contribution in [-0.2, 0) is 20.2 Å². The predicted octanol–water partition coefficient (Wildman–Crippen LogP) is 3.14. The number of rotatable bonds is 5. The molecule has 4 rings (SSSR count). The summed E-state index contributed by atoms with van der Waals surface area (Å²) in [5.74, 6) is -0.0700. The third kappa shape index (κ3) is 3.04. The fourth-order valence-electron chi connectivity index (χ4n) is 3.59. The second-order valence-corrected chi connectivity index (χ2v) is 8.98. The van der Waals surface area contributed by atoms with Crippen LogP contribution in [0.3, 0.4) is 0 Å². The van der Waals surface area contributed by atoms with E-state index >= 15 is 0 Å². The molecule has 0 spiro atoms. The van der Waals surface area contributed by atoms with Crippen molar-refractivity contribution in [1.29, 1.82) is 0 Å². The van der Waals surface area contributed by atoms with Crippen molar-refractivity contribution in [2.75, 3.05) is 18.4 Å². The molecule has 2 aromatic carbocycles. The highest BCUT2D eigenvalue weighted by molar-refractivity contribution is 7.89. The fraction of sp³-hybridized carbons (Fsp3) is 0.350. The van der Waals surface area contributed by atoms with Crippen LogP contribution in [0.1, 0.15) is 31.2 Å². The van der Waals surface area contributed by atoms with Crippen molar-refractivity contribution in [1.82, 2.24) is 4.31 Å². The summed E-state index contributed by atoms with van der Waals surface area (Å²) < 4.78 is 26.9. The molecule has 5 nitrogen and oxygen atoms in total. The Bertz CT molecular complexity index is 915. The molecule has 6 heteroatoms. The van der Waals surface area contributed by atoms with Crippen LogP contribution in [0.2, 0.25) is 0 Å². The lowest BCUT2D eigenvalue weighted by atomic mass is 9.95. The molecule has 2 aromatic rings. The topological polar surface area (TPSA) is 66.5 Å². The summed E-state index contributed by atoms with van der Waals surface area (Å²) in [6, 6.07) is 16.3. The molecule has 0 unspecified atom stereocenters. The molecule has 1 saturated carbocycles. The first kappa shape index (κ1) is 17.2. The Morgan fingerprint density at radius 1 is 0.962 bits per heavy atom. The zero-order chi connectivity index (χ0) is 18.2. The van der Waals surface area contributed by atoms with Gasteiger partial charge in [-0.1, -0.05) is 36.4 Å². The van der Waals surface area contributed by atoms with E-state index in [0.717, 1.165) is 31.2 Å². The minimum Gasteiger partial charge on any atom is -0.325 e. The van der Waals surface area contributed by atoms with E-state index in [1.807, 2.05) is 30.3 Å². The molecular weight excluding hydrogens is 348 g/mol. The van der Waals surface area contributed by atoms with Gasteiger partial charge in [0, 0.05) is 18.8 Å². The smallest absolute Gasteiger partial charge is 0.243 e. The van der Waals surface area contributed by atoms with Gasteiger partial charge in [0.2, 0.25) is 15.9 Å². The van der Waals surface area contributed by atoms with Crippen LogP contribution in [0, 0.1) is 0 Å². The highest BCUT2D eigenvalue weighted by atomic mass is 32.2. The average molecular weight is 370 g/mol. The summed E-state index contributed by atoms with van der Waals surface area (Å²) in [6.07, 6.45) is 3.42. The Balaban J connectivity index is 1.55. The summed E-state index contributed by atoms with van der Waals surface area (Å²) in [5, 5.41) is 2.92. The van der Waals surface area contributed by atoms with Gasteiger partial charge >= 0.3 is 0 Å². The van der Waals surface area contributed by atoms with E-state index in [1.165, 1.54) is 4.31 Å². The molecule has 0 bridgehead atoms. The first-order chi connectivity index (χ1) is 12.5. The van der Waals surface area contributed by atoms with E-state index in [4.69, 9.17) is 0 Å². The van der Waals surface area contributed by atoms with Gasteiger partial charge in [0.25, 0.3) is 0 Å². The number of hydrogen-bond acceptors (Lipinski definition) is 3. The lowest BCUT2D eigenvalue weighted by Crippen LogP contribution is -2.29. The fourth-order valence-corrected chi connectivity index (χ4v) is 5.16. The normalized spacial score (nSPS) is 19.2. The second-order valence-electron chi connectivity index (χ2n) is 7.04. The minimum absolute atomic E-state index is 0.0700. The molecule has 136 valence electrons. The summed E-state index contributed by atoms with van der Waals surface area (Å²) in [6.45, 7) is 1.13. The minimum atomic E-state index is -3.49. The molecule has 1 amide bonds. The van der Waals surface area contributed by atoms with E-state index in [1.54, 1.807) is 24.3 Å². The molecule has 1 heterocycles. The molecule has 1 aliphatic carbocycles. The Labute approximate surface area is 154 Å². The van der Waals surface area contributed by atoms with Crippen LogP contribution in [0.5, 0.6) is 0 Å². The van der Waals surface area contributed by atoms with Gasteiger partial charge in [-0.2, -0.15) is 4.31 Å². The van der Waals surface area contributed by atoms with Crippen molar-refractivity contribution in [3.05, 3.63) is 60.2 Å². The van der Waals surface area contributed by atoms with Gasteiger partial charge in [-0.05, 0) is 49.4 Å². The lowest BCUT2D eigenvalue weighted by molar-refractivity contribution is -0.118. The molecule has 1 aliphatic heterocycles. The van der Waals surface area contributed by atoms with Crippen molar-refractivity contribution in [2.24, 2.45) is 0 Å². The average Bonchev–Trinajstić information content (AvgIpc) is 3.28. The standard InChI is InChI=1S/C20H22N2O3S/c23-19(20(11-12-20)16-7-2-1-3-8-16)21-17-9-6-10-18(15-17)26(24,25)22-13-4-5-14-22/h1-3,6-10,15H,4-5,11-14H2,(H,21,23). The van der Waals surface area contributed by atoms with Gasteiger partial charge in [-0.25, -0.2) is 8.42 Å². The molecule has 1 saturated heterocycles. The maximum atomic E-state index is 12.8. The number of amides is 1. The van der Waals surface area contributed by atoms with Crippen LogP contribution in [0.15, 0.2) is 59.5 Å². The molecule has 2 aliphatic rings. The number of carbonyl (C=O) groups is 1. The Morgan fingerprint density at radius 3 is 2.31 bits per heavy atom. The first-order valence-corrected chi connectivity index (χ1v) is 10.4. The summed E-state index contributed by atoms with van der Waals surface area (Å²) in [5.41, 5.74) is 1.06. The van der Waals surface area contributed by atoms with Gasteiger partial charge < -0.3 is 5.32 Å². The van der Waals surface area contributed by atoms with Crippen LogP contribution >= 0.6 is 0 Å². The number of nitrogens with zero attached hydrogens (tertiary/aromatic N) is 1. The Kier molecular flexibility index (Phi) is 4.32. The SMILES string of the molecule is O=C(Nc1cccc(S(=O)(=O)N2CCCC2)c1)C1(c2ccccc2)CC1. The number of sulfonamides is 1. The highest BCUT2D eigenvalue weighted by Gasteiger charge is 2.51. The second kappa shape index (κ2) is 6.52. The molecule has 0 radical (unpaired) electrons. The third-order valence-corrected chi connectivity index (χ3v) is 7.20. The Hall–Kier alpha value is -2.18. The molecule has 1 N–H and O–H groups in total. The van der Waals surface area contributed by atoms with Crippen molar-refractivity contribution in [2.45, 2.75) is 36.0 Å². The van der Waals surface area contributed by atoms with Gasteiger partial charge in [0.1, 0.15) is 0 Å². The third-order valence-electron chi connectivity index (χ3n) is 5.31. The first-order valence-electron chi connectivity index (χ1n) is 9.00. The summed E-state index contributed by atoms with van der Waals surface area (Å²) >= 11 is 0. The molecule has 0 aromatic heterocycles. The van der Waals surface area contributed by atoms with E-state index < -0.39 is 15.4 Å². The maximum absolute atomic E-state index is 12.8. The van der Waals surface area contributed by atoms with Crippen molar-refractivity contribution >= 4 is 21.6 Å². The van der Waals surface area contributed by atoms with Crippen LogP contribution < -0.4 is 5.32 Å². The molecule has 26 heavy (non-hydrogen) atoms. The van der Waals surface area contributed by atoms with Crippen molar-refractivity contribution in [3.63, 3.8) is 0 Å². The Morgan fingerprint density at radius 2 is 1.65 bits per heavy atom. The monoisotopic (exact) mass is 370 g/mol. The number of anilines is 1. The largest absolute Gasteiger partial charge is 0.325 e. The lowest BCUT2D eigenvalue weighted by Gasteiger charge is -2.18. The number of hydrogen-bond donors (Lipinski definition) is 1. The number of carbonyl (C=O) groups excluding carboxylic acids is 1. The van der Waals surface area contributed by atoms with Gasteiger partial charge in [-0.3, -0.25) is 4.79 Å². The number of benzene rings is 2. The van der Waals surface area contributed by atoms with Crippen LogP contribution in [-0.4, -0.2) is 31.7 Å². The zero-order valence-electron chi connectivity index (χ0n) is 14.5. The van der Waals surface area contributed by atoms with Gasteiger partial charge in [0.15, 0.2) is 0 Å². The van der Waals surface area contributed by atoms with E-state index in [2.05, 4.69) is 5.32 Å². The van der Waals surface area contributed by atoms with Gasteiger partial charge in [0.05, 0.1) is 10.3 Å².